The molecule has 2 N–H and O–H groups in total. The number of aryl methyl sites for hydroxylation is 2. The average Bonchev–Trinajstić information content (AvgIpc) is 2.50. The minimum atomic E-state index is 0.296. The summed E-state index contributed by atoms with van der Waals surface area (Å²) < 4.78 is 1.91. The van der Waals surface area contributed by atoms with E-state index in [4.69, 9.17) is 17.3 Å². The summed E-state index contributed by atoms with van der Waals surface area (Å²) >= 11 is 6.33. The molecule has 0 spiro atoms. The number of halogens is 1. The van der Waals surface area contributed by atoms with Gasteiger partial charge in [0.15, 0.2) is 0 Å². The molecule has 1 heterocycles. The van der Waals surface area contributed by atoms with Crippen LogP contribution in [0.4, 0.5) is 0 Å². The van der Waals surface area contributed by atoms with E-state index in [1.807, 2.05) is 18.7 Å². The molecule has 0 aliphatic heterocycles. The van der Waals surface area contributed by atoms with Crippen molar-refractivity contribution in [1.82, 2.24) is 9.78 Å². The molecule has 0 saturated heterocycles. The monoisotopic (exact) mass is 269 g/mol. The maximum Gasteiger partial charge on any atom is 0.0847 e. The Labute approximate surface area is 115 Å². The first-order chi connectivity index (χ1) is 8.30. The molecule has 0 amide bonds. The Kier molecular flexibility index (Phi) is 3.75. The molecule has 0 radical (unpaired) electrons. The molecule has 18 heavy (non-hydrogen) atoms. The summed E-state index contributed by atoms with van der Waals surface area (Å²) in [6, 6.07) is 0.296. The Bertz CT molecular complexity index is 436. The van der Waals surface area contributed by atoms with Crippen LogP contribution in [0.25, 0.3) is 0 Å². The van der Waals surface area contributed by atoms with Crippen molar-refractivity contribution in [3.63, 3.8) is 0 Å². The second-order valence-corrected chi connectivity index (χ2v) is 6.88. The minimum Gasteiger partial charge on any atom is -0.327 e. The molecule has 4 heteroatoms. The lowest BCUT2D eigenvalue weighted by atomic mass is 9.69. The van der Waals surface area contributed by atoms with Gasteiger partial charge < -0.3 is 5.73 Å². The van der Waals surface area contributed by atoms with Crippen LogP contribution in [0.1, 0.15) is 44.5 Å². The van der Waals surface area contributed by atoms with Crippen molar-refractivity contribution in [2.75, 3.05) is 0 Å². The third-order valence-electron chi connectivity index (χ3n) is 4.29. The highest BCUT2D eigenvalue weighted by Crippen LogP contribution is 2.40. The number of hydrogen-bond acceptors (Lipinski definition) is 2. The molecule has 1 aliphatic rings. The summed E-state index contributed by atoms with van der Waals surface area (Å²) in [6.45, 7) is 6.63. The van der Waals surface area contributed by atoms with E-state index >= 15 is 0 Å². The van der Waals surface area contributed by atoms with Gasteiger partial charge in [-0.05, 0) is 43.9 Å². The molecule has 0 bridgehead atoms. The van der Waals surface area contributed by atoms with Gasteiger partial charge in [0.25, 0.3) is 0 Å². The summed E-state index contributed by atoms with van der Waals surface area (Å²) in [5, 5.41) is 5.19. The highest BCUT2D eigenvalue weighted by atomic mass is 35.5. The molecule has 1 aromatic heterocycles. The second-order valence-electron chi connectivity index (χ2n) is 6.50. The van der Waals surface area contributed by atoms with Crippen LogP contribution in [0.2, 0.25) is 5.02 Å². The van der Waals surface area contributed by atoms with E-state index in [1.165, 1.54) is 12.8 Å². The highest BCUT2D eigenvalue weighted by Gasteiger charge is 2.34. The van der Waals surface area contributed by atoms with E-state index in [0.717, 1.165) is 29.3 Å². The first kappa shape index (κ1) is 13.9. The number of aromatic nitrogens is 2. The zero-order valence-electron chi connectivity index (χ0n) is 11.8. The molecule has 1 aliphatic carbocycles. The molecular formula is C14H24ClN3. The molecule has 2 unspecified atom stereocenters. The van der Waals surface area contributed by atoms with Crippen LogP contribution >= 0.6 is 11.6 Å². The number of hydrogen-bond donors (Lipinski definition) is 1. The van der Waals surface area contributed by atoms with Gasteiger partial charge in [0.05, 0.1) is 16.4 Å². The highest BCUT2D eigenvalue weighted by molar-refractivity contribution is 6.31. The lowest BCUT2D eigenvalue weighted by Crippen LogP contribution is -2.40. The van der Waals surface area contributed by atoms with Gasteiger partial charge in [-0.2, -0.15) is 5.10 Å². The van der Waals surface area contributed by atoms with Gasteiger partial charge in [-0.1, -0.05) is 25.4 Å². The van der Waals surface area contributed by atoms with Crippen LogP contribution in [0.3, 0.4) is 0 Å². The fourth-order valence-electron chi connectivity index (χ4n) is 3.13. The maximum atomic E-state index is 6.33. The van der Waals surface area contributed by atoms with Crippen LogP contribution in [0.5, 0.6) is 0 Å². The van der Waals surface area contributed by atoms with Crippen molar-refractivity contribution in [3.05, 3.63) is 16.4 Å². The maximum absolute atomic E-state index is 6.33. The van der Waals surface area contributed by atoms with Crippen LogP contribution < -0.4 is 5.73 Å². The molecule has 1 saturated carbocycles. The first-order valence-corrected chi connectivity index (χ1v) is 7.11. The number of nitrogens with zero attached hydrogens (tertiary/aromatic N) is 2. The smallest absolute Gasteiger partial charge is 0.0847 e. The Morgan fingerprint density at radius 1 is 1.50 bits per heavy atom. The van der Waals surface area contributed by atoms with Gasteiger partial charge >= 0.3 is 0 Å². The second kappa shape index (κ2) is 4.86. The molecule has 1 aromatic rings. The summed E-state index contributed by atoms with van der Waals surface area (Å²) in [5.41, 5.74) is 8.73. The fourth-order valence-corrected chi connectivity index (χ4v) is 3.37. The Hall–Kier alpha value is -0.540. The summed E-state index contributed by atoms with van der Waals surface area (Å²) in [4.78, 5) is 0. The predicted octanol–water partition coefficient (Wildman–Crippen LogP) is 3.08. The topological polar surface area (TPSA) is 43.8 Å². The van der Waals surface area contributed by atoms with Gasteiger partial charge in [-0.15, -0.1) is 0 Å². The van der Waals surface area contributed by atoms with Gasteiger partial charge in [0, 0.05) is 13.1 Å². The van der Waals surface area contributed by atoms with E-state index in [2.05, 4.69) is 18.9 Å². The standard InChI is InChI=1S/C14H24ClN3/c1-9-13(15)12(18(4)17-9)7-10-8-14(2,3)6-5-11(10)16/h10-11H,5-8,16H2,1-4H3. The molecule has 1 fully saturated rings. The van der Waals surface area contributed by atoms with Crippen LogP contribution in [0.15, 0.2) is 0 Å². The van der Waals surface area contributed by atoms with Gasteiger partial charge in [-0.3, -0.25) is 4.68 Å². The minimum absolute atomic E-state index is 0.296. The Morgan fingerprint density at radius 3 is 2.72 bits per heavy atom. The molecule has 2 rings (SSSR count). The van der Waals surface area contributed by atoms with Crippen LogP contribution in [-0.2, 0) is 13.5 Å². The average molecular weight is 270 g/mol. The zero-order chi connectivity index (χ0) is 13.5. The number of nitrogens with two attached hydrogens (primary N) is 1. The van der Waals surface area contributed by atoms with Gasteiger partial charge in [0.2, 0.25) is 0 Å². The SMILES string of the molecule is Cc1nn(C)c(CC2CC(C)(C)CCC2N)c1Cl. The van der Waals surface area contributed by atoms with Crippen molar-refractivity contribution in [2.45, 2.75) is 52.5 Å². The summed E-state index contributed by atoms with van der Waals surface area (Å²) in [6.07, 6.45) is 4.46. The van der Waals surface area contributed by atoms with E-state index in [0.29, 0.717) is 17.4 Å². The third kappa shape index (κ3) is 2.72. The Balaban J connectivity index is 2.17. The number of rotatable bonds is 2. The molecular weight excluding hydrogens is 246 g/mol. The van der Waals surface area contributed by atoms with E-state index in [9.17, 15) is 0 Å². The van der Waals surface area contributed by atoms with Crippen LogP contribution in [0, 0.1) is 18.3 Å². The van der Waals surface area contributed by atoms with Gasteiger partial charge in [-0.25, -0.2) is 0 Å². The quantitative estimate of drug-likeness (QED) is 0.897. The van der Waals surface area contributed by atoms with E-state index < -0.39 is 0 Å². The lowest BCUT2D eigenvalue weighted by Gasteiger charge is -2.39. The lowest BCUT2D eigenvalue weighted by molar-refractivity contribution is 0.155. The molecule has 2 atom stereocenters. The van der Waals surface area contributed by atoms with E-state index in [1.54, 1.807) is 0 Å². The molecule has 102 valence electrons. The largest absolute Gasteiger partial charge is 0.327 e. The van der Waals surface area contributed by atoms with Crippen molar-refractivity contribution in [1.29, 1.82) is 0 Å². The normalized spacial score (nSPS) is 27.4. The molecule has 3 nitrogen and oxygen atoms in total. The Morgan fingerprint density at radius 2 is 2.17 bits per heavy atom. The zero-order valence-corrected chi connectivity index (χ0v) is 12.6. The van der Waals surface area contributed by atoms with Crippen molar-refractivity contribution < 1.29 is 0 Å². The van der Waals surface area contributed by atoms with Crippen molar-refractivity contribution in [3.8, 4) is 0 Å². The fraction of sp³-hybridized carbons (Fsp3) is 0.786. The summed E-state index contributed by atoms with van der Waals surface area (Å²) in [7, 11) is 1.97. The first-order valence-electron chi connectivity index (χ1n) is 6.74. The van der Waals surface area contributed by atoms with Gasteiger partial charge in [0.1, 0.15) is 0 Å². The van der Waals surface area contributed by atoms with Crippen LogP contribution in [-0.4, -0.2) is 15.8 Å². The van der Waals surface area contributed by atoms with Crippen molar-refractivity contribution >= 4 is 11.6 Å². The van der Waals surface area contributed by atoms with Crippen molar-refractivity contribution in [2.24, 2.45) is 24.1 Å². The summed E-state index contributed by atoms with van der Waals surface area (Å²) in [5.74, 6) is 0.515. The predicted molar refractivity (Wildman–Crippen MR) is 75.8 cm³/mol. The molecule has 0 aromatic carbocycles. The third-order valence-corrected chi connectivity index (χ3v) is 4.78. The van der Waals surface area contributed by atoms with E-state index in [-0.39, 0.29) is 0 Å².